The van der Waals surface area contributed by atoms with Gasteiger partial charge in [0.05, 0.1) is 13.2 Å². The van der Waals surface area contributed by atoms with E-state index in [4.69, 9.17) is 4.74 Å². The first-order valence-electron chi connectivity index (χ1n) is 9.00. The maximum Gasteiger partial charge on any atom is 0.267 e. The van der Waals surface area contributed by atoms with Gasteiger partial charge in [0, 0.05) is 10.8 Å². The Hall–Kier alpha value is -1.68. The first-order valence-corrected chi connectivity index (χ1v) is 9.00. The minimum Gasteiger partial charge on any atom is -0.497 e. The zero-order valence-electron chi connectivity index (χ0n) is 14.7. The molecule has 0 bridgehead atoms. The van der Waals surface area contributed by atoms with Gasteiger partial charge in [-0.1, -0.05) is 19.1 Å². The molecule has 1 saturated carbocycles. The van der Waals surface area contributed by atoms with Crippen LogP contribution in [0.25, 0.3) is 5.57 Å². The topological polar surface area (TPSA) is 29.5 Å². The number of allylic oxidation sites excluding steroid dienone is 3. The van der Waals surface area contributed by atoms with Gasteiger partial charge >= 0.3 is 0 Å². The summed E-state index contributed by atoms with van der Waals surface area (Å²) in [5.41, 5.74) is 2.24. The number of benzene rings is 1. The molecule has 0 spiro atoms. The van der Waals surface area contributed by atoms with Crippen LogP contribution in [0.4, 0.5) is 8.78 Å². The number of halogens is 2. The fourth-order valence-corrected chi connectivity index (χ4v) is 5.66. The molecule has 0 radical (unpaired) electrons. The van der Waals surface area contributed by atoms with Crippen LogP contribution in [-0.4, -0.2) is 18.3 Å². The summed E-state index contributed by atoms with van der Waals surface area (Å²) in [5.74, 6) is 0.850. The Bertz CT molecular complexity index is 765. The van der Waals surface area contributed by atoms with Crippen LogP contribution in [0.15, 0.2) is 36.4 Å². The van der Waals surface area contributed by atoms with E-state index in [2.05, 4.69) is 13.0 Å². The smallest absolute Gasteiger partial charge is 0.267 e. The van der Waals surface area contributed by atoms with Gasteiger partial charge < -0.3 is 9.84 Å². The van der Waals surface area contributed by atoms with Gasteiger partial charge in [0.1, 0.15) is 5.75 Å². The summed E-state index contributed by atoms with van der Waals surface area (Å²) in [6.45, 7) is 2.07. The van der Waals surface area contributed by atoms with Crippen LogP contribution < -0.4 is 4.74 Å². The molecule has 0 saturated heterocycles. The average Bonchev–Trinajstić information content (AvgIpc) is 2.89. The molecular weight excluding hydrogens is 322 g/mol. The second-order valence-electron chi connectivity index (χ2n) is 7.97. The molecule has 0 heterocycles. The number of hydrogen-bond acceptors (Lipinski definition) is 2. The lowest BCUT2D eigenvalue weighted by Crippen LogP contribution is -2.46. The molecule has 25 heavy (non-hydrogen) atoms. The lowest BCUT2D eigenvalue weighted by atomic mass is 9.51. The molecule has 1 fully saturated rings. The van der Waals surface area contributed by atoms with E-state index in [1.165, 1.54) is 6.08 Å². The minimum absolute atomic E-state index is 0.0479. The van der Waals surface area contributed by atoms with Crippen molar-refractivity contribution in [3.05, 3.63) is 47.6 Å². The standard InChI is InChI=1S/C21H24F2O2/c1-20-9-8-16-15-4-3-14(25-2)11-13(15)7-10-21(16,12-19(22)23)17(20)5-6-18(20)24/h3-4,8,11-12,17-18,24H,5-7,9-10H2,1-2H3/t17-,18+,20+,21+/m1/s1. The van der Waals surface area contributed by atoms with Gasteiger partial charge in [-0.3, -0.25) is 0 Å². The van der Waals surface area contributed by atoms with Gasteiger partial charge in [-0.25, -0.2) is 0 Å². The molecule has 0 aliphatic heterocycles. The largest absolute Gasteiger partial charge is 0.497 e. The molecule has 0 aromatic heterocycles. The Kier molecular flexibility index (Phi) is 3.80. The first-order chi connectivity index (χ1) is 11.9. The number of methoxy groups -OCH3 is 1. The van der Waals surface area contributed by atoms with E-state index < -0.39 is 17.6 Å². The molecule has 0 amide bonds. The lowest BCUT2D eigenvalue weighted by Gasteiger charge is -2.52. The molecule has 3 aliphatic rings. The van der Waals surface area contributed by atoms with Crippen molar-refractivity contribution in [2.45, 2.75) is 45.1 Å². The Morgan fingerprint density at radius 3 is 2.84 bits per heavy atom. The van der Waals surface area contributed by atoms with Gasteiger partial charge in [-0.15, -0.1) is 0 Å². The normalized spacial score (nSPS) is 36.0. The number of ether oxygens (including phenoxy) is 1. The molecule has 1 N–H and O–H groups in total. The van der Waals surface area contributed by atoms with E-state index in [0.717, 1.165) is 41.7 Å². The van der Waals surface area contributed by atoms with Gasteiger partial charge in [-0.05, 0) is 72.9 Å². The quantitative estimate of drug-likeness (QED) is 0.819. The van der Waals surface area contributed by atoms with Gasteiger partial charge in [0.15, 0.2) is 0 Å². The van der Waals surface area contributed by atoms with E-state index in [-0.39, 0.29) is 11.3 Å². The Labute approximate surface area is 147 Å². The van der Waals surface area contributed by atoms with Crippen LogP contribution in [0.3, 0.4) is 0 Å². The van der Waals surface area contributed by atoms with Crippen LogP contribution in [0, 0.1) is 16.7 Å². The summed E-state index contributed by atoms with van der Waals surface area (Å²) < 4.78 is 32.3. The minimum atomic E-state index is -1.62. The highest BCUT2D eigenvalue weighted by Crippen LogP contribution is 2.65. The summed E-state index contributed by atoms with van der Waals surface area (Å²) in [5, 5.41) is 10.5. The zero-order chi connectivity index (χ0) is 17.8. The maximum absolute atomic E-state index is 13.5. The van der Waals surface area contributed by atoms with Crippen molar-refractivity contribution >= 4 is 5.57 Å². The highest BCUT2D eigenvalue weighted by molar-refractivity contribution is 5.78. The van der Waals surface area contributed by atoms with Crippen molar-refractivity contribution in [3.63, 3.8) is 0 Å². The van der Waals surface area contributed by atoms with E-state index >= 15 is 0 Å². The number of fused-ring (bicyclic) bond motifs is 5. The zero-order valence-corrected chi connectivity index (χ0v) is 14.7. The first kappa shape index (κ1) is 16.8. The van der Waals surface area contributed by atoms with Gasteiger partial charge in [-0.2, -0.15) is 8.78 Å². The van der Waals surface area contributed by atoms with Crippen molar-refractivity contribution in [2.75, 3.05) is 7.11 Å². The fourth-order valence-electron chi connectivity index (χ4n) is 5.66. The predicted molar refractivity (Wildman–Crippen MR) is 93.5 cm³/mol. The molecule has 3 aliphatic carbocycles. The average molecular weight is 346 g/mol. The van der Waals surface area contributed by atoms with Crippen molar-refractivity contribution in [1.29, 1.82) is 0 Å². The molecule has 1 aromatic rings. The second-order valence-corrected chi connectivity index (χ2v) is 7.97. The monoisotopic (exact) mass is 346 g/mol. The molecule has 134 valence electrons. The number of aryl methyl sites for hydroxylation is 1. The number of aliphatic hydroxyl groups is 1. The lowest BCUT2D eigenvalue weighted by molar-refractivity contribution is 0.00888. The summed E-state index contributed by atoms with van der Waals surface area (Å²) in [4.78, 5) is 0. The third kappa shape index (κ3) is 2.30. The number of rotatable bonds is 2. The van der Waals surface area contributed by atoms with Crippen LogP contribution in [0.2, 0.25) is 0 Å². The Morgan fingerprint density at radius 2 is 2.12 bits per heavy atom. The molecule has 1 aromatic carbocycles. The van der Waals surface area contributed by atoms with Crippen molar-refractivity contribution in [2.24, 2.45) is 16.7 Å². The number of aliphatic hydroxyl groups excluding tert-OH is 1. The molecule has 2 nitrogen and oxygen atoms in total. The van der Waals surface area contributed by atoms with Gasteiger partial charge in [0.25, 0.3) is 6.08 Å². The van der Waals surface area contributed by atoms with Gasteiger partial charge in [0.2, 0.25) is 0 Å². The van der Waals surface area contributed by atoms with Crippen LogP contribution >= 0.6 is 0 Å². The predicted octanol–water partition coefficient (Wildman–Crippen LogP) is 4.97. The Balaban J connectivity index is 1.91. The highest BCUT2D eigenvalue weighted by Gasteiger charge is 2.58. The summed E-state index contributed by atoms with van der Waals surface area (Å²) in [7, 11) is 1.64. The Morgan fingerprint density at radius 1 is 1.32 bits per heavy atom. The highest BCUT2D eigenvalue weighted by atomic mass is 19.3. The second kappa shape index (κ2) is 5.66. The molecule has 4 heteroatoms. The summed E-state index contributed by atoms with van der Waals surface area (Å²) in [6, 6.07) is 5.93. The van der Waals surface area contributed by atoms with E-state index in [9.17, 15) is 13.9 Å². The molecule has 4 rings (SSSR count). The van der Waals surface area contributed by atoms with Crippen LogP contribution in [0.5, 0.6) is 5.75 Å². The number of hydrogen-bond donors (Lipinski definition) is 1. The van der Waals surface area contributed by atoms with Crippen molar-refractivity contribution < 1.29 is 18.6 Å². The molecule has 4 atom stereocenters. The fraction of sp³-hybridized carbons (Fsp3) is 0.524. The maximum atomic E-state index is 13.5. The van der Waals surface area contributed by atoms with E-state index in [1.807, 2.05) is 18.2 Å². The van der Waals surface area contributed by atoms with Crippen molar-refractivity contribution in [1.82, 2.24) is 0 Å². The molecular formula is C21H24F2O2. The summed E-state index contributed by atoms with van der Waals surface area (Å²) >= 11 is 0. The summed E-state index contributed by atoms with van der Waals surface area (Å²) in [6.07, 6.45) is 4.89. The van der Waals surface area contributed by atoms with E-state index in [0.29, 0.717) is 12.8 Å². The third-order valence-corrected chi connectivity index (χ3v) is 6.93. The third-order valence-electron chi connectivity index (χ3n) is 6.93. The SMILES string of the molecule is COc1ccc2c(c1)CC[C@]1(C=C(F)F)C2=CC[C@@]2(C)[C@H]1CC[C@@H]2O. The van der Waals surface area contributed by atoms with E-state index in [1.54, 1.807) is 7.11 Å². The molecule has 0 unspecified atom stereocenters. The van der Waals surface area contributed by atoms with Crippen LogP contribution in [0.1, 0.15) is 43.7 Å². The van der Waals surface area contributed by atoms with Crippen molar-refractivity contribution in [3.8, 4) is 5.75 Å². The van der Waals surface area contributed by atoms with Crippen LogP contribution in [-0.2, 0) is 6.42 Å².